The van der Waals surface area contributed by atoms with Gasteiger partial charge < -0.3 is 5.32 Å². The van der Waals surface area contributed by atoms with Gasteiger partial charge in [0.05, 0.1) is 5.56 Å². The fourth-order valence-electron chi connectivity index (χ4n) is 1.93. The Morgan fingerprint density at radius 3 is 2.46 bits per heavy atom. The normalized spacial score (nSPS) is 10.7. The van der Waals surface area contributed by atoms with Crippen molar-refractivity contribution in [1.82, 2.24) is 5.32 Å². The van der Waals surface area contributed by atoms with Crippen LogP contribution in [-0.4, -0.2) is 12.5 Å². The Labute approximate surface area is 142 Å². The molecule has 0 radical (unpaired) electrons. The van der Waals surface area contributed by atoms with Crippen molar-refractivity contribution in [3.63, 3.8) is 0 Å². The fraction of sp³-hybridized carbons (Fsp3) is 0.167. The highest BCUT2D eigenvalue weighted by atomic mass is 35.5. The number of benzene rings is 2. The molecule has 0 unspecified atom stereocenters. The monoisotopic (exact) mass is 351 g/mol. The van der Waals surface area contributed by atoms with Gasteiger partial charge >= 0.3 is 6.18 Å². The molecule has 0 aromatic heterocycles. The summed E-state index contributed by atoms with van der Waals surface area (Å²) in [6.07, 6.45) is -3.78. The van der Waals surface area contributed by atoms with Crippen LogP contribution in [0.2, 0.25) is 5.02 Å². The Morgan fingerprint density at radius 2 is 1.83 bits per heavy atom. The zero-order chi connectivity index (χ0) is 17.6. The standard InChI is InChI=1S/C18H13ClF3NO/c19-16-3-1-2-14(12-16)10-11-23-17(24)9-6-13-4-7-15(8-5-13)18(20,21)22/h1-5,7-8,12H,10-11H2,(H,23,24). The van der Waals surface area contributed by atoms with Crippen LogP contribution in [0.3, 0.4) is 0 Å². The highest BCUT2D eigenvalue weighted by Crippen LogP contribution is 2.28. The van der Waals surface area contributed by atoms with Gasteiger partial charge in [0.1, 0.15) is 0 Å². The van der Waals surface area contributed by atoms with Crippen molar-refractivity contribution in [2.45, 2.75) is 12.6 Å². The van der Waals surface area contributed by atoms with Crippen molar-refractivity contribution in [2.24, 2.45) is 0 Å². The second kappa shape index (κ2) is 7.89. The van der Waals surface area contributed by atoms with Crippen molar-refractivity contribution < 1.29 is 18.0 Å². The lowest BCUT2D eigenvalue weighted by Crippen LogP contribution is -2.23. The van der Waals surface area contributed by atoms with E-state index in [1.807, 2.05) is 18.2 Å². The number of hydrogen-bond donors (Lipinski definition) is 1. The van der Waals surface area contributed by atoms with Gasteiger partial charge in [-0.05, 0) is 48.4 Å². The van der Waals surface area contributed by atoms with Gasteiger partial charge in [-0.3, -0.25) is 4.79 Å². The van der Waals surface area contributed by atoms with Crippen molar-refractivity contribution in [1.29, 1.82) is 0 Å². The summed E-state index contributed by atoms with van der Waals surface area (Å²) in [4.78, 5) is 11.6. The summed E-state index contributed by atoms with van der Waals surface area (Å²) in [5.41, 5.74) is 0.575. The summed E-state index contributed by atoms with van der Waals surface area (Å²) in [5.74, 6) is 4.39. The molecule has 124 valence electrons. The summed E-state index contributed by atoms with van der Waals surface area (Å²) < 4.78 is 37.3. The quantitative estimate of drug-likeness (QED) is 0.830. The first-order chi connectivity index (χ1) is 11.3. The van der Waals surface area contributed by atoms with Crippen LogP contribution in [0, 0.1) is 11.8 Å². The largest absolute Gasteiger partial charge is 0.416 e. The molecule has 2 aromatic carbocycles. The first kappa shape index (κ1) is 17.9. The van der Waals surface area contributed by atoms with E-state index < -0.39 is 17.6 Å². The minimum atomic E-state index is -4.39. The molecule has 0 fully saturated rings. The molecule has 0 heterocycles. The molecule has 0 bridgehead atoms. The van der Waals surface area contributed by atoms with Crippen LogP contribution in [0.5, 0.6) is 0 Å². The van der Waals surface area contributed by atoms with Crippen molar-refractivity contribution in [3.05, 3.63) is 70.2 Å². The number of carbonyl (C=O) groups is 1. The molecule has 2 rings (SSSR count). The number of hydrogen-bond acceptors (Lipinski definition) is 1. The van der Waals surface area contributed by atoms with Gasteiger partial charge in [-0.15, -0.1) is 0 Å². The number of nitrogens with one attached hydrogen (secondary N) is 1. The van der Waals surface area contributed by atoms with Crippen LogP contribution >= 0.6 is 11.6 Å². The molecule has 0 aliphatic heterocycles. The van der Waals surface area contributed by atoms with E-state index in [1.54, 1.807) is 6.07 Å². The zero-order valence-corrected chi connectivity index (χ0v) is 13.2. The summed E-state index contributed by atoms with van der Waals surface area (Å²) in [7, 11) is 0. The number of halogens is 4. The molecular formula is C18H13ClF3NO. The molecule has 1 amide bonds. The van der Waals surface area contributed by atoms with Gasteiger partial charge in [-0.2, -0.15) is 13.2 Å². The maximum Gasteiger partial charge on any atom is 0.416 e. The van der Waals surface area contributed by atoms with Crippen LogP contribution < -0.4 is 5.32 Å². The minimum Gasteiger partial charge on any atom is -0.345 e. The van der Waals surface area contributed by atoms with Crippen LogP contribution in [0.25, 0.3) is 0 Å². The maximum absolute atomic E-state index is 12.4. The van der Waals surface area contributed by atoms with Gasteiger partial charge in [-0.1, -0.05) is 29.7 Å². The topological polar surface area (TPSA) is 29.1 Å². The molecule has 0 aliphatic carbocycles. The van der Waals surface area contributed by atoms with Gasteiger partial charge in [0, 0.05) is 23.1 Å². The Kier molecular flexibility index (Phi) is 5.88. The molecule has 0 saturated carbocycles. The molecule has 6 heteroatoms. The molecule has 0 saturated heterocycles. The molecule has 2 nitrogen and oxygen atoms in total. The molecule has 24 heavy (non-hydrogen) atoms. The lowest BCUT2D eigenvalue weighted by Gasteiger charge is -2.05. The van der Waals surface area contributed by atoms with Gasteiger partial charge in [0.25, 0.3) is 5.91 Å². The average Bonchev–Trinajstić information content (AvgIpc) is 2.52. The Bertz CT molecular complexity index is 773. The van der Waals surface area contributed by atoms with E-state index in [4.69, 9.17) is 11.6 Å². The molecule has 2 aromatic rings. The highest BCUT2D eigenvalue weighted by Gasteiger charge is 2.29. The van der Waals surface area contributed by atoms with E-state index in [9.17, 15) is 18.0 Å². The number of rotatable bonds is 3. The van der Waals surface area contributed by atoms with Crippen molar-refractivity contribution in [2.75, 3.05) is 6.54 Å². The molecule has 0 aliphatic rings. The van der Waals surface area contributed by atoms with Gasteiger partial charge in [0.2, 0.25) is 0 Å². The Morgan fingerprint density at radius 1 is 1.12 bits per heavy atom. The third-order valence-electron chi connectivity index (χ3n) is 3.12. The van der Waals surface area contributed by atoms with Crippen molar-refractivity contribution in [3.8, 4) is 11.8 Å². The maximum atomic E-state index is 12.4. The lowest BCUT2D eigenvalue weighted by atomic mass is 10.1. The van der Waals surface area contributed by atoms with Crippen LogP contribution in [0.1, 0.15) is 16.7 Å². The summed E-state index contributed by atoms with van der Waals surface area (Å²) in [6.45, 7) is 0.390. The van der Waals surface area contributed by atoms with Crippen LogP contribution in [0.4, 0.5) is 13.2 Å². The molecule has 0 atom stereocenters. The zero-order valence-electron chi connectivity index (χ0n) is 12.5. The van der Waals surface area contributed by atoms with E-state index in [1.165, 1.54) is 12.1 Å². The predicted molar refractivity (Wildman–Crippen MR) is 86.5 cm³/mol. The Hall–Kier alpha value is -2.45. The van der Waals surface area contributed by atoms with E-state index in [-0.39, 0.29) is 0 Å². The third-order valence-corrected chi connectivity index (χ3v) is 3.36. The van der Waals surface area contributed by atoms with Crippen molar-refractivity contribution >= 4 is 17.5 Å². The molecular weight excluding hydrogens is 339 g/mol. The summed E-state index contributed by atoms with van der Waals surface area (Å²) in [6, 6.07) is 11.6. The van der Waals surface area contributed by atoms with Crippen LogP contribution in [-0.2, 0) is 17.4 Å². The van der Waals surface area contributed by atoms with E-state index >= 15 is 0 Å². The first-order valence-electron chi connectivity index (χ1n) is 7.06. The van der Waals surface area contributed by atoms with E-state index in [0.717, 1.165) is 17.7 Å². The highest BCUT2D eigenvalue weighted by molar-refractivity contribution is 6.30. The molecule has 0 spiro atoms. The lowest BCUT2D eigenvalue weighted by molar-refractivity contribution is -0.137. The number of alkyl halides is 3. The Balaban J connectivity index is 1.85. The van der Waals surface area contributed by atoms with Gasteiger partial charge in [0.15, 0.2) is 0 Å². The smallest absolute Gasteiger partial charge is 0.345 e. The van der Waals surface area contributed by atoms with E-state index in [2.05, 4.69) is 17.2 Å². The second-order valence-corrected chi connectivity index (χ2v) is 5.40. The number of carbonyl (C=O) groups excluding carboxylic acids is 1. The average molecular weight is 352 g/mol. The number of amides is 1. The first-order valence-corrected chi connectivity index (χ1v) is 7.44. The third kappa shape index (κ3) is 5.64. The fourth-order valence-corrected chi connectivity index (χ4v) is 2.14. The van der Waals surface area contributed by atoms with Gasteiger partial charge in [-0.25, -0.2) is 0 Å². The minimum absolute atomic E-state index is 0.341. The molecule has 1 N–H and O–H groups in total. The second-order valence-electron chi connectivity index (χ2n) is 4.96. The summed E-state index contributed by atoms with van der Waals surface area (Å²) in [5, 5.41) is 3.25. The summed E-state index contributed by atoms with van der Waals surface area (Å²) >= 11 is 5.86. The van der Waals surface area contributed by atoms with Crippen LogP contribution in [0.15, 0.2) is 48.5 Å². The van der Waals surface area contributed by atoms with E-state index in [0.29, 0.717) is 23.6 Å². The SMILES string of the molecule is O=C(C#Cc1ccc(C(F)(F)F)cc1)NCCc1cccc(Cl)c1. The predicted octanol–water partition coefficient (Wildman–Crippen LogP) is 4.07.